The quantitative estimate of drug-likeness (QED) is 0.486. The summed E-state index contributed by atoms with van der Waals surface area (Å²) in [6.45, 7) is 1.77. The monoisotopic (exact) mass is 433 g/mol. The average Bonchev–Trinajstić information content (AvgIpc) is 3.30. The lowest BCUT2D eigenvalue weighted by molar-refractivity contribution is -0.142. The molecule has 0 unspecified atom stereocenters. The second kappa shape index (κ2) is 10.8. The number of rotatable bonds is 10. The summed E-state index contributed by atoms with van der Waals surface area (Å²) in [4.78, 5) is 22.6. The average molecular weight is 434 g/mol. The first kappa shape index (κ1) is 21.9. The van der Waals surface area contributed by atoms with Gasteiger partial charge in [-0.25, -0.2) is 9.78 Å². The summed E-state index contributed by atoms with van der Waals surface area (Å²) in [5.41, 5.74) is 3.79. The van der Waals surface area contributed by atoms with Gasteiger partial charge in [0.2, 0.25) is 0 Å². The molecule has 4 rings (SSSR count). The summed E-state index contributed by atoms with van der Waals surface area (Å²) in [5.74, 6) is -0.129. The summed E-state index contributed by atoms with van der Waals surface area (Å²) in [6, 6.07) is 20.4. The van der Waals surface area contributed by atoms with Gasteiger partial charge in [0.25, 0.3) is 0 Å². The zero-order valence-electron chi connectivity index (χ0n) is 17.9. The Labute approximate surface area is 187 Å². The van der Waals surface area contributed by atoms with Crippen molar-refractivity contribution in [2.75, 3.05) is 37.9 Å². The molecule has 0 saturated carbocycles. The van der Waals surface area contributed by atoms with Crippen LogP contribution in [0.4, 0.5) is 5.82 Å². The van der Waals surface area contributed by atoms with Gasteiger partial charge < -0.3 is 19.5 Å². The zero-order valence-corrected chi connectivity index (χ0v) is 17.9. The van der Waals surface area contributed by atoms with Gasteiger partial charge in [0.05, 0.1) is 43.4 Å². The van der Waals surface area contributed by atoms with Gasteiger partial charge in [-0.3, -0.25) is 4.98 Å². The summed E-state index contributed by atoms with van der Waals surface area (Å²) in [5, 5.41) is 8.62. The van der Waals surface area contributed by atoms with Crippen LogP contribution in [0.5, 0.6) is 0 Å². The van der Waals surface area contributed by atoms with Crippen LogP contribution in [-0.4, -0.2) is 60.1 Å². The number of aliphatic carboxylic acids is 1. The van der Waals surface area contributed by atoms with Crippen LogP contribution in [0.3, 0.4) is 0 Å². The molecule has 0 radical (unpaired) electrons. The summed E-state index contributed by atoms with van der Waals surface area (Å²) < 4.78 is 10.8. The Morgan fingerprint density at radius 1 is 0.969 bits per heavy atom. The molecule has 1 aromatic heterocycles. The summed E-state index contributed by atoms with van der Waals surface area (Å²) in [7, 11) is 0. The minimum absolute atomic E-state index is 0.204. The molecule has 2 aromatic carbocycles. The number of carbonyl (C=O) groups is 1. The Morgan fingerprint density at radius 2 is 1.62 bits per heavy atom. The second-order valence-corrected chi connectivity index (χ2v) is 7.67. The molecular weight excluding hydrogens is 406 g/mol. The van der Waals surface area contributed by atoms with E-state index in [1.807, 2.05) is 42.6 Å². The Hall–Kier alpha value is -3.29. The lowest BCUT2D eigenvalue weighted by Crippen LogP contribution is -2.34. The zero-order chi connectivity index (χ0) is 22.2. The van der Waals surface area contributed by atoms with Crippen LogP contribution in [0.1, 0.15) is 12.8 Å². The van der Waals surface area contributed by atoms with Crippen LogP contribution < -0.4 is 4.90 Å². The van der Waals surface area contributed by atoms with Crippen LogP contribution in [0.25, 0.3) is 22.5 Å². The van der Waals surface area contributed by atoms with E-state index in [4.69, 9.17) is 24.5 Å². The van der Waals surface area contributed by atoms with Crippen LogP contribution in [-0.2, 0) is 14.3 Å². The van der Waals surface area contributed by atoms with Crippen LogP contribution >= 0.6 is 0 Å². The molecule has 1 fully saturated rings. The van der Waals surface area contributed by atoms with E-state index in [2.05, 4.69) is 29.2 Å². The van der Waals surface area contributed by atoms with E-state index >= 15 is 0 Å². The first-order chi connectivity index (χ1) is 15.7. The Morgan fingerprint density at radius 3 is 2.31 bits per heavy atom. The van der Waals surface area contributed by atoms with Crippen molar-refractivity contribution in [1.29, 1.82) is 0 Å². The number of ether oxygens (including phenoxy) is 2. The molecule has 0 amide bonds. The molecule has 3 aromatic rings. The highest BCUT2D eigenvalue weighted by Crippen LogP contribution is 2.32. The Bertz CT molecular complexity index is 1010. The van der Waals surface area contributed by atoms with Crippen molar-refractivity contribution in [3.63, 3.8) is 0 Å². The number of hydrogen-bond acceptors (Lipinski definition) is 6. The normalized spacial score (nSPS) is 15.8. The predicted molar refractivity (Wildman–Crippen MR) is 123 cm³/mol. The first-order valence-electron chi connectivity index (χ1n) is 10.8. The Kier molecular flexibility index (Phi) is 7.42. The number of aromatic nitrogens is 2. The smallest absolute Gasteiger partial charge is 0.329 e. The molecule has 1 aliphatic heterocycles. The second-order valence-electron chi connectivity index (χ2n) is 7.67. The maximum atomic E-state index is 10.5. The standard InChI is InChI=1S/C25H27N3O4/c29-23(30)18-32-15-14-31-17-21-12-7-13-28(21)22-16-26-24(19-8-3-1-4-9-19)25(27-22)20-10-5-2-6-11-20/h1-6,8-11,16,21H,7,12-15,17-18H2,(H,29,30)/t21-/m0/s1. The SMILES string of the molecule is O=C(O)COCCOC[C@@H]1CCCN1c1cnc(-c2ccccc2)c(-c2ccccc2)n1. The van der Waals surface area contributed by atoms with E-state index in [1.165, 1.54) is 0 Å². The van der Waals surface area contributed by atoms with Crippen molar-refractivity contribution in [2.45, 2.75) is 18.9 Å². The molecule has 2 heterocycles. The van der Waals surface area contributed by atoms with Gasteiger partial charge in [0.15, 0.2) is 0 Å². The Balaban J connectivity index is 1.51. The van der Waals surface area contributed by atoms with Crippen LogP contribution in [0, 0.1) is 0 Å². The highest BCUT2D eigenvalue weighted by atomic mass is 16.5. The van der Waals surface area contributed by atoms with Gasteiger partial charge in [-0.1, -0.05) is 60.7 Å². The van der Waals surface area contributed by atoms with Gasteiger partial charge >= 0.3 is 5.97 Å². The lowest BCUT2D eigenvalue weighted by Gasteiger charge is -2.26. The fourth-order valence-corrected chi connectivity index (χ4v) is 3.93. The lowest BCUT2D eigenvalue weighted by atomic mass is 10.0. The highest BCUT2D eigenvalue weighted by molar-refractivity contribution is 5.78. The van der Waals surface area contributed by atoms with Crippen LogP contribution in [0.15, 0.2) is 66.9 Å². The molecule has 7 nitrogen and oxygen atoms in total. The van der Waals surface area contributed by atoms with Crippen molar-refractivity contribution in [3.05, 3.63) is 66.9 Å². The van der Waals surface area contributed by atoms with Gasteiger partial charge in [-0.05, 0) is 12.8 Å². The third-order valence-corrected chi connectivity index (χ3v) is 5.43. The maximum absolute atomic E-state index is 10.5. The van der Waals surface area contributed by atoms with E-state index in [9.17, 15) is 4.79 Å². The number of nitrogens with zero attached hydrogens (tertiary/aromatic N) is 3. The molecule has 1 saturated heterocycles. The maximum Gasteiger partial charge on any atom is 0.329 e. The van der Waals surface area contributed by atoms with E-state index in [-0.39, 0.29) is 19.3 Å². The molecule has 166 valence electrons. The largest absolute Gasteiger partial charge is 0.480 e. The first-order valence-corrected chi connectivity index (χ1v) is 10.8. The molecule has 7 heteroatoms. The van der Waals surface area contributed by atoms with E-state index in [1.54, 1.807) is 0 Å². The number of hydrogen-bond donors (Lipinski definition) is 1. The van der Waals surface area contributed by atoms with Crippen molar-refractivity contribution >= 4 is 11.8 Å². The highest BCUT2D eigenvalue weighted by Gasteiger charge is 2.27. The molecule has 1 N–H and O–H groups in total. The third kappa shape index (κ3) is 5.49. The molecule has 0 aliphatic carbocycles. The van der Waals surface area contributed by atoms with Crippen molar-refractivity contribution < 1.29 is 19.4 Å². The van der Waals surface area contributed by atoms with Gasteiger partial charge in [-0.2, -0.15) is 0 Å². The summed E-state index contributed by atoms with van der Waals surface area (Å²) >= 11 is 0. The van der Waals surface area contributed by atoms with Crippen LogP contribution in [0.2, 0.25) is 0 Å². The topological polar surface area (TPSA) is 84.8 Å². The van der Waals surface area contributed by atoms with Gasteiger partial charge in [0, 0.05) is 17.7 Å². The predicted octanol–water partition coefficient (Wildman–Crippen LogP) is 3.90. The fraction of sp³-hybridized carbons (Fsp3) is 0.320. The van der Waals surface area contributed by atoms with E-state index in [0.717, 1.165) is 47.7 Å². The minimum atomic E-state index is -0.973. The molecule has 1 atom stereocenters. The molecule has 0 spiro atoms. The molecular formula is C25H27N3O4. The van der Waals surface area contributed by atoms with Gasteiger partial charge in [0.1, 0.15) is 12.4 Å². The van der Waals surface area contributed by atoms with E-state index < -0.39 is 5.97 Å². The number of carboxylic acid groups (broad SMARTS) is 1. The molecule has 1 aliphatic rings. The van der Waals surface area contributed by atoms with Crippen molar-refractivity contribution in [2.24, 2.45) is 0 Å². The number of benzene rings is 2. The van der Waals surface area contributed by atoms with Crippen molar-refractivity contribution in [1.82, 2.24) is 9.97 Å². The third-order valence-electron chi connectivity index (χ3n) is 5.43. The minimum Gasteiger partial charge on any atom is -0.480 e. The number of carboxylic acids is 1. The van der Waals surface area contributed by atoms with Gasteiger partial charge in [-0.15, -0.1) is 0 Å². The van der Waals surface area contributed by atoms with E-state index in [0.29, 0.717) is 13.2 Å². The summed E-state index contributed by atoms with van der Waals surface area (Å²) in [6.07, 6.45) is 3.92. The molecule has 32 heavy (non-hydrogen) atoms. The number of anilines is 1. The van der Waals surface area contributed by atoms with Crippen molar-refractivity contribution in [3.8, 4) is 22.5 Å². The molecule has 0 bridgehead atoms. The fourth-order valence-electron chi connectivity index (χ4n) is 3.93.